The molecule has 1 aromatic rings. The van der Waals surface area contributed by atoms with E-state index in [-0.39, 0.29) is 5.92 Å². The molecule has 0 aromatic heterocycles. The summed E-state index contributed by atoms with van der Waals surface area (Å²) >= 11 is 0. The van der Waals surface area contributed by atoms with Crippen LogP contribution in [0.15, 0.2) is 24.3 Å². The van der Waals surface area contributed by atoms with Crippen LogP contribution in [-0.4, -0.2) is 38.1 Å². The van der Waals surface area contributed by atoms with Crippen LogP contribution in [0, 0.1) is 5.92 Å². The molecule has 0 bridgehead atoms. The van der Waals surface area contributed by atoms with Crippen molar-refractivity contribution in [3.63, 3.8) is 0 Å². The highest BCUT2D eigenvalue weighted by Crippen LogP contribution is 2.14. The van der Waals surface area contributed by atoms with E-state index in [2.05, 4.69) is 16.0 Å². The summed E-state index contributed by atoms with van der Waals surface area (Å²) in [6, 6.07) is 6.16. The molecule has 120 valence electrons. The van der Waals surface area contributed by atoms with Crippen LogP contribution in [0.4, 0.5) is 10.5 Å². The molecule has 0 unspecified atom stereocenters. The number of ether oxygens (including phenoxy) is 1. The average molecular weight is 307 g/mol. The number of carbonyl (C=O) groups excluding carboxylic acids is 3. The van der Waals surface area contributed by atoms with Crippen molar-refractivity contribution in [2.75, 3.05) is 25.5 Å². The van der Waals surface area contributed by atoms with Crippen molar-refractivity contribution in [2.45, 2.75) is 13.8 Å². The number of benzene rings is 1. The van der Waals surface area contributed by atoms with Crippen LogP contribution in [0.25, 0.3) is 0 Å². The van der Waals surface area contributed by atoms with E-state index < -0.39 is 24.5 Å². The van der Waals surface area contributed by atoms with Gasteiger partial charge in [-0.05, 0) is 18.1 Å². The number of carbonyl (C=O) groups is 3. The van der Waals surface area contributed by atoms with Gasteiger partial charge >= 0.3 is 12.0 Å². The Labute approximate surface area is 129 Å². The van der Waals surface area contributed by atoms with Crippen molar-refractivity contribution in [1.29, 1.82) is 0 Å². The van der Waals surface area contributed by atoms with Gasteiger partial charge in [0.25, 0.3) is 5.91 Å². The van der Waals surface area contributed by atoms with Gasteiger partial charge in [0.05, 0.1) is 5.56 Å². The normalized spacial score (nSPS) is 10.0. The largest absolute Gasteiger partial charge is 0.452 e. The van der Waals surface area contributed by atoms with Crippen molar-refractivity contribution in [2.24, 2.45) is 5.92 Å². The molecule has 0 aliphatic carbocycles. The zero-order valence-corrected chi connectivity index (χ0v) is 12.9. The van der Waals surface area contributed by atoms with Crippen LogP contribution in [-0.2, 0) is 9.53 Å². The van der Waals surface area contributed by atoms with E-state index in [1.807, 2.05) is 13.8 Å². The van der Waals surface area contributed by atoms with E-state index >= 15 is 0 Å². The first-order valence-corrected chi connectivity index (χ1v) is 6.95. The number of esters is 1. The molecule has 0 spiro atoms. The molecule has 1 aromatic carbocycles. The SMILES string of the molecule is CNc1ccccc1C(=O)OCC(=O)NC(=O)NCC(C)C. The molecule has 0 aliphatic heterocycles. The van der Waals surface area contributed by atoms with Crippen molar-refractivity contribution >= 4 is 23.6 Å². The average Bonchev–Trinajstić information content (AvgIpc) is 2.50. The lowest BCUT2D eigenvalue weighted by atomic mass is 10.2. The van der Waals surface area contributed by atoms with Crippen LogP contribution >= 0.6 is 0 Å². The highest BCUT2D eigenvalue weighted by atomic mass is 16.5. The summed E-state index contributed by atoms with van der Waals surface area (Å²) in [4.78, 5) is 34.8. The van der Waals surface area contributed by atoms with Crippen LogP contribution in [0.3, 0.4) is 0 Å². The van der Waals surface area contributed by atoms with Gasteiger partial charge in [-0.25, -0.2) is 9.59 Å². The monoisotopic (exact) mass is 307 g/mol. The molecular formula is C15H21N3O4. The van der Waals surface area contributed by atoms with E-state index in [0.717, 1.165) is 0 Å². The lowest BCUT2D eigenvalue weighted by Gasteiger charge is -2.10. The molecule has 0 atom stereocenters. The van der Waals surface area contributed by atoms with Gasteiger partial charge in [0, 0.05) is 19.3 Å². The molecule has 0 aliphatic rings. The number of rotatable bonds is 6. The number of imide groups is 1. The van der Waals surface area contributed by atoms with Gasteiger partial charge in [0.15, 0.2) is 6.61 Å². The molecule has 3 amide bonds. The summed E-state index contributed by atoms with van der Waals surface area (Å²) in [6.07, 6.45) is 0. The Morgan fingerprint density at radius 1 is 1.18 bits per heavy atom. The highest BCUT2D eigenvalue weighted by molar-refractivity contribution is 5.99. The first-order valence-electron chi connectivity index (χ1n) is 6.95. The minimum atomic E-state index is -0.684. The number of amides is 3. The number of para-hydroxylation sites is 1. The van der Waals surface area contributed by atoms with Gasteiger partial charge in [-0.3, -0.25) is 10.1 Å². The van der Waals surface area contributed by atoms with Gasteiger partial charge in [0.2, 0.25) is 0 Å². The maximum absolute atomic E-state index is 11.9. The van der Waals surface area contributed by atoms with Gasteiger partial charge in [-0.2, -0.15) is 0 Å². The summed E-state index contributed by atoms with van der Waals surface area (Å²) < 4.78 is 4.89. The van der Waals surface area contributed by atoms with E-state index in [4.69, 9.17) is 4.74 Å². The Morgan fingerprint density at radius 2 is 1.86 bits per heavy atom. The first kappa shape index (κ1) is 17.5. The molecule has 0 radical (unpaired) electrons. The van der Waals surface area contributed by atoms with E-state index in [0.29, 0.717) is 17.8 Å². The fraction of sp³-hybridized carbons (Fsp3) is 0.400. The Bertz CT molecular complexity index is 543. The quantitative estimate of drug-likeness (QED) is 0.690. The second-order valence-corrected chi connectivity index (χ2v) is 5.02. The number of anilines is 1. The van der Waals surface area contributed by atoms with Crippen molar-refractivity contribution in [3.8, 4) is 0 Å². The number of hydrogen-bond acceptors (Lipinski definition) is 5. The zero-order valence-electron chi connectivity index (χ0n) is 12.9. The smallest absolute Gasteiger partial charge is 0.340 e. The predicted octanol–water partition coefficient (Wildman–Crippen LogP) is 1.37. The predicted molar refractivity (Wildman–Crippen MR) is 82.7 cm³/mol. The first-order chi connectivity index (χ1) is 10.4. The molecule has 7 heteroatoms. The minimum Gasteiger partial charge on any atom is -0.452 e. The Kier molecular flexibility index (Phi) is 6.88. The van der Waals surface area contributed by atoms with Crippen LogP contribution in [0.1, 0.15) is 24.2 Å². The molecule has 0 saturated heterocycles. The highest BCUT2D eigenvalue weighted by Gasteiger charge is 2.14. The van der Waals surface area contributed by atoms with E-state index in [9.17, 15) is 14.4 Å². The van der Waals surface area contributed by atoms with Crippen LogP contribution in [0.2, 0.25) is 0 Å². The standard InChI is InChI=1S/C15H21N3O4/c1-10(2)8-17-15(21)18-13(19)9-22-14(20)11-6-4-5-7-12(11)16-3/h4-7,10,16H,8-9H2,1-3H3,(H2,17,18,19,21). The van der Waals surface area contributed by atoms with Gasteiger partial charge in [0.1, 0.15) is 0 Å². The maximum atomic E-state index is 11.9. The van der Waals surface area contributed by atoms with Crippen molar-refractivity contribution in [1.82, 2.24) is 10.6 Å². The molecule has 3 N–H and O–H groups in total. The molecule has 0 heterocycles. The Balaban J connectivity index is 2.43. The third kappa shape index (κ3) is 5.82. The van der Waals surface area contributed by atoms with Gasteiger partial charge in [-0.15, -0.1) is 0 Å². The molecule has 22 heavy (non-hydrogen) atoms. The maximum Gasteiger partial charge on any atom is 0.340 e. The van der Waals surface area contributed by atoms with E-state index in [1.54, 1.807) is 31.3 Å². The lowest BCUT2D eigenvalue weighted by Crippen LogP contribution is -2.42. The van der Waals surface area contributed by atoms with Gasteiger partial charge < -0.3 is 15.4 Å². The fourth-order valence-corrected chi connectivity index (χ4v) is 1.59. The summed E-state index contributed by atoms with van der Waals surface area (Å²) in [5.74, 6) is -1.05. The van der Waals surface area contributed by atoms with E-state index in [1.165, 1.54) is 0 Å². The second kappa shape index (κ2) is 8.66. The number of urea groups is 1. The van der Waals surface area contributed by atoms with Crippen molar-refractivity contribution < 1.29 is 19.1 Å². The fourth-order valence-electron chi connectivity index (χ4n) is 1.59. The lowest BCUT2D eigenvalue weighted by molar-refractivity contribution is -0.123. The summed E-state index contributed by atoms with van der Waals surface area (Å²) in [5, 5.41) is 7.48. The van der Waals surface area contributed by atoms with Crippen molar-refractivity contribution in [3.05, 3.63) is 29.8 Å². The summed E-state index contributed by atoms with van der Waals surface area (Å²) in [6.45, 7) is 3.80. The molecular weight excluding hydrogens is 286 g/mol. The Hall–Kier alpha value is -2.57. The zero-order chi connectivity index (χ0) is 16.5. The second-order valence-electron chi connectivity index (χ2n) is 5.02. The minimum absolute atomic E-state index is 0.275. The van der Waals surface area contributed by atoms with Crippen LogP contribution in [0.5, 0.6) is 0 Å². The Morgan fingerprint density at radius 3 is 2.50 bits per heavy atom. The third-order valence-corrected chi connectivity index (χ3v) is 2.67. The topological polar surface area (TPSA) is 96.5 Å². The summed E-state index contributed by atoms with van der Waals surface area (Å²) in [5.41, 5.74) is 0.921. The number of nitrogens with one attached hydrogen (secondary N) is 3. The molecule has 1 rings (SSSR count). The van der Waals surface area contributed by atoms with Crippen LogP contribution < -0.4 is 16.0 Å². The summed E-state index contributed by atoms with van der Waals surface area (Å²) in [7, 11) is 1.68. The molecule has 0 fully saturated rings. The molecule has 7 nitrogen and oxygen atoms in total. The number of hydrogen-bond donors (Lipinski definition) is 3. The van der Waals surface area contributed by atoms with Gasteiger partial charge in [-0.1, -0.05) is 26.0 Å². The molecule has 0 saturated carbocycles. The third-order valence-electron chi connectivity index (χ3n) is 2.67.